The maximum atomic E-state index is 11.5. The van der Waals surface area contributed by atoms with Crippen molar-refractivity contribution in [1.29, 1.82) is 0 Å². The van der Waals surface area contributed by atoms with Crippen LogP contribution in [-0.2, 0) is 14.4 Å². The van der Waals surface area contributed by atoms with E-state index < -0.39 is 17.8 Å². The molecule has 0 aliphatic carbocycles. The van der Waals surface area contributed by atoms with Crippen LogP contribution in [0.5, 0.6) is 0 Å². The molecule has 5 nitrogen and oxygen atoms in total. The van der Waals surface area contributed by atoms with Gasteiger partial charge in [0.1, 0.15) is 22.8 Å². The van der Waals surface area contributed by atoms with Gasteiger partial charge in [-0.1, -0.05) is 0 Å². The molecule has 0 aromatic heterocycles. The fourth-order valence-electron chi connectivity index (χ4n) is 1.86. The summed E-state index contributed by atoms with van der Waals surface area (Å²) in [5, 5.41) is 8.57. The van der Waals surface area contributed by atoms with Gasteiger partial charge in [-0.15, -0.1) is 11.8 Å². The fraction of sp³-hybridized carbons (Fsp3) is 0.444. The van der Waals surface area contributed by atoms with Crippen LogP contribution in [0.1, 0.15) is 13.8 Å². The van der Waals surface area contributed by atoms with Crippen molar-refractivity contribution in [2.45, 2.75) is 19.2 Å². The van der Waals surface area contributed by atoms with Gasteiger partial charge in [0.2, 0.25) is 5.91 Å². The van der Waals surface area contributed by atoms with Crippen LogP contribution in [0.3, 0.4) is 0 Å². The standard InChI is InChI=1S/C9H9NO4S/c1-3(11)5-7(12)10-6(9(13)14)4(2)15-8(5)10/h5,8H,1-2H3,(H,13,14)/t5-,8+/m1/s1. The summed E-state index contributed by atoms with van der Waals surface area (Å²) in [5.41, 5.74) is 0.0208. The second-order valence-corrected chi connectivity index (χ2v) is 4.85. The lowest BCUT2D eigenvalue weighted by Gasteiger charge is -2.40. The van der Waals surface area contributed by atoms with E-state index in [-0.39, 0.29) is 16.9 Å². The van der Waals surface area contributed by atoms with Crippen molar-refractivity contribution >= 4 is 29.4 Å². The lowest BCUT2D eigenvalue weighted by Crippen LogP contribution is -2.59. The zero-order valence-electron chi connectivity index (χ0n) is 8.18. The van der Waals surface area contributed by atoms with Crippen molar-refractivity contribution in [2.75, 3.05) is 0 Å². The predicted molar refractivity (Wildman–Crippen MR) is 52.7 cm³/mol. The van der Waals surface area contributed by atoms with Crippen LogP contribution in [0.15, 0.2) is 10.6 Å². The van der Waals surface area contributed by atoms with Gasteiger partial charge >= 0.3 is 5.97 Å². The molecule has 6 heteroatoms. The van der Waals surface area contributed by atoms with Gasteiger partial charge in [0.25, 0.3) is 0 Å². The van der Waals surface area contributed by atoms with Gasteiger partial charge in [0.05, 0.1) is 0 Å². The molecule has 2 rings (SSSR count). The highest BCUT2D eigenvalue weighted by molar-refractivity contribution is 8.04. The van der Waals surface area contributed by atoms with Crippen molar-refractivity contribution in [1.82, 2.24) is 4.90 Å². The smallest absolute Gasteiger partial charge is 0.353 e. The number of thioether (sulfide) groups is 1. The monoisotopic (exact) mass is 227 g/mol. The minimum atomic E-state index is -1.11. The van der Waals surface area contributed by atoms with Crippen LogP contribution < -0.4 is 0 Å². The molecule has 0 aromatic carbocycles. The first-order chi connectivity index (χ1) is 6.95. The van der Waals surface area contributed by atoms with E-state index in [1.54, 1.807) is 6.92 Å². The Morgan fingerprint density at radius 1 is 1.47 bits per heavy atom. The molecular weight excluding hydrogens is 218 g/mol. The average molecular weight is 227 g/mol. The topological polar surface area (TPSA) is 74.7 Å². The minimum absolute atomic E-state index is 0.0208. The van der Waals surface area contributed by atoms with Crippen LogP contribution in [0.2, 0.25) is 0 Å². The van der Waals surface area contributed by atoms with E-state index in [4.69, 9.17) is 5.11 Å². The number of nitrogens with zero attached hydrogens (tertiary/aromatic N) is 1. The molecule has 0 spiro atoms. The highest BCUT2D eigenvalue weighted by Crippen LogP contribution is 2.49. The number of hydrogen-bond donors (Lipinski definition) is 1. The number of carboxylic acid groups (broad SMARTS) is 1. The third-order valence-electron chi connectivity index (χ3n) is 2.56. The normalized spacial score (nSPS) is 28.9. The van der Waals surface area contributed by atoms with Gasteiger partial charge in [0.15, 0.2) is 0 Å². The molecule has 0 saturated carbocycles. The highest BCUT2D eigenvalue weighted by Gasteiger charge is 2.57. The molecular formula is C9H9NO4S. The third kappa shape index (κ3) is 1.21. The van der Waals surface area contributed by atoms with Crippen LogP contribution >= 0.6 is 11.8 Å². The first-order valence-corrected chi connectivity index (χ1v) is 5.27. The lowest BCUT2D eigenvalue weighted by molar-refractivity contribution is -0.155. The molecule has 1 fully saturated rings. The molecule has 0 bridgehead atoms. The number of allylic oxidation sites excluding steroid dienone is 1. The number of carbonyl (C=O) groups excluding carboxylic acids is 2. The van der Waals surface area contributed by atoms with Crippen LogP contribution in [0.4, 0.5) is 0 Å². The molecule has 2 heterocycles. The van der Waals surface area contributed by atoms with Crippen molar-refractivity contribution in [3.63, 3.8) is 0 Å². The first kappa shape index (κ1) is 10.2. The van der Waals surface area contributed by atoms with Crippen LogP contribution in [0, 0.1) is 5.92 Å². The number of amides is 1. The molecule has 2 aliphatic heterocycles. The van der Waals surface area contributed by atoms with Gasteiger partial charge in [0, 0.05) is 4.91 Å². The zero-order valence-corrected chi connectivity index (χ0v) is 9.00. The minimum Gasteiger partial charge on any atom is -0.477 e. The number of fused-ring (bicyclic) bond motifs is 1. The average Bonchev–Trinajstić information content (AvgIpc) is 2.38. The Morgan fingerprint density at radius 3 is 2.53 bits per heavy atom. The SMILES string of the molecule is CC(=O)[C@@H]1C(=O)N2C(C(=O)O)=C(C)S[C@@H]12. The van der Waals surface area contributed by atoms with Crippen molar-refractivity contribution in [2.24, 2.45) is 5.92 Å². The molecule has 1 saturated heterocycles. The Kier molecular flexibility index (Phi) is 2.11. The van der Waals surface area contributed by atoms with Gasteiger partial charge < -0.3 is 5.11 Å². The quantitative estimate of drug-likeness (QED) is 0.546. The molecule has 80 valence electrons. The summed E-state index contributed by atoms with van der Waals surface area (Å²) in [7, 11) is 0. The zero-order chi connectivity index (χ0) is 11.3. The van der Waals surface area contributed by atoms with Gasteiger partial charge in [-0.25, -0.2) is 4.79 Å². The van der Waals surface area contributed by atoms with E-state index in [1.807, 2.05) is 0 Å². The van der Waals surface area contributed by atoms with Crippen molar-refractivity contribution in [3.8, 4) is 0 Å². The molecule has 0 radical (unpaired) electrons. The van der Waals surface area contributed by atoms with Crippen molar-refractivity contribution in [3.05, 3.63) is 10.6 Å². The van der Waals surface area contributed by atoms with Gasteiger partial charge in [-0.3, -0.25) is 14.5 Å². The van der Waals surface area contributed by atoms with E-state index in [0.717, 1.165) is 0 Å². The summed E-state index contributed by atoms with van der Waals surface area (Å²) in [6, 6.07) is 0. The van der Waals surface area contributed by atoms with E-state index >= 15 is 0 Å². The number of Topliss-reactive ketones (excluding diaryl/α,β-unsaturated/α-hetero) is 1. The second-order valence-electron chi connectivity index (χ2n) is 3.51. The summed E-state index contributed by atoms with van der Waals surface area (Å²) in [6.07, 6.45) is 0. The number of ketones is 1. The maximum Gasteiger partial charge on any atom is 0.353 e. The maximum absolute atomic E-state index is 11.5. The molecule has 15 heavy (non-hydrogen) atoms. The lowest BCUT2D eigenvalue weighted by atomic mass is 9.93. The Bertz CT molecular complexity index is 414. The highest BCUT2D eigenvalue weighted by atomic mass is 32.2. The van der Waals surface area contributed by atoms with E-state index in [9.17, 15) is 14.4 Å². The molecule has 2 atom stereocenters. The van der Waals surface area contributed by atoms with Gasteiger partial charge in [-0.05, 0) is 13.8 Å². The summed E-state index contributed by atoms with van der Waals surface area (Å²) in [4.78, 5) is 35.3. The third-order valence-corrected chi connectivity index (χ3v) is 3.83. The largest absolute Gasteiger partial charge is 0.477 e. The Labute approximate surface area is 90.1 Å². The Morgan fingerprint density at radius 2 is 2.07 bits per heavy atom. The summed E-state index contributed by atoms with van der Waals surface area (Å²) >= 11 is 1.27. The van der Waals surface area contributed by atoms with E-state index in [0.29, 0.717) is 4.91 Å². The fourth-order valence-corrected chi connectivity index (χ4v) is 3.28. The Balaban J connectivity index is 2.30. The number of rotatable bonds is 2. The van der Waals surface area contributed by atoms with Crippen LogP contribution in [-0.4, -0.2) is 33.0 Å². The van der Waals surface area contributed by atoms with E-state index in [2.05, 4.69) is 0 Å². The Hall–Kier alpha value is -1.30. The van der Waals surface area contributed by atoms with Crippen LogP contribution in [0.25, 0.3) is 0 Å². The summed E-state index contributed by atoms with van der Waals surface area (Å²) < 4.78 is 0. The molecule has 0 aromatic rings. The number of β-lactam (4-membered cyclic amide) rings is 1. The number of hydrogen-bond acceptors (Lipinski definition) is 4. The summed E-state index contributed by atoms with van der Waals surface area (Å²) in [6.45, 7) is 3.01. The number of carboxylic acids is 1. The number of carbonyl (C=O) groups is 3. The predicted octanol–water partition coefficient (Wildman–Crippen LogP) is 0.423. The molecule has 1 N–H and O–H groups in total. The second kappa shape index (κ2) is 3.10. The molecule has 0 unspecified atom stereocenters. The first-order valence-electron chi connectivity index (χ1n) is 4.39. The van der Waals surface area contributed by atoms with E-state index in [1.165, 1.54) is 23.6 Å². The molecule has 1 amide bonds. The van der Waals surface area contributed by atoms with Gasteiger partial charge in [-0.2, -0.15) is 0 Å². The molecule has 2 aliphatic rings. The van der Waals surface area contributed by atoms with Crippen molar-refractivity contribution < 1.29 is 19.5 Å². The summed E-state index contributed by atoms with van der Waals surface area (Å²) in [5.74, 6) is -2.37. The number of aliphatic carboxylic acids is 1.